The van der Waals surface area contributed by atoms with Gasteiger partial charge in [0.05, 0.1) is 0 Å². The van der Waals surface area contributed by atoms with Crippen LogP contribution in [0, 0.1) is 0 Å². The Morgan fingerprint density at radius 3 is 2.59 bits per heavy atom. The summed E-state index contributed by atoms with van der Waals surface area (Å²) in [6, 6.07) is 8.42. The Hall–Kier alpha value is -2.40. The van der Waals surface area contributed by atoms with Crippen LogP contribution in [-0.2, 0) is 6.54 Å². The number of hydrogen-bond donors (Lipinski definition) is 1. The molecule has 0 aliphatic carbocycles. The molecule has 5 heteroatoms. The zero-order valence-electron chi connectivity index (χ0n) is 12.4. The van der Waals surface area contributed by atoms with Gasteiger partial charge in [0.2, 0.25) is 0 Å². The molecule has 1 fully saturated rings. The molecule has 0 atom stereocenters. The number of piperazine rings is 1. The van der Waals surface area contributed by atoms with E-state index in [0.29, 0.717) is 0 Å². The minimum absolute atomic E-state index is 0.969. The summed E-state index contributed by atoms with van der Waals surface area (Å²) in [5.74, 6) is 0. The zero-order chi connectivity index (χ0) is 14.8. The number of rotatable bonds is 3. The van der Waals surface area contributed by atoms with Gasteiger partial charge in [0, 0.05) is 68.6 Å². The highest BCUT2D eigenvalue weighted by Crippen LogP contribution is 2.25. The number of H-pyrrole nitrogens is 1. The molecule has 0 amide bonds. The lowest BCUT2D eigenvalue weighted by atomic mass is 10.2. The molecule has 1 aliphatic heterocycles. The number of nitrogens with one attached hydrogen (secondary N) is 1. The standard InChI is InChI=1S/C17H19N5/c1-5-18-6-2-14(1)13-21-9-11-22(12-10-21)16-4-8-20-17-15(16)3-7-19-17/h1-8H,9-13H2,(H,19,20). The molecule has 112 valence electrons. The smallest absolute Gasteiger partial charge is 0.139 e. The van der Waals surface area contributed by atoms with Crippen molar-refractivity contribution in [2.24, 2.45) is 0 Å². The first-order chi connectivity index (χ1) is 10.9. The maximum atomic E-state index is 4.37. The van der Waals surface area contributed by atoms with E-state index in [1.54, 1.807) is 0 Å². The van der Waals surface area contributed by atoms with Crippen LogP contribution < -0.4 is 4.90 Å². The zero-order valence-corrected chi connectivity index (χ0v) is 12.4. The SMILES string of the molecule is c1cc(CN2CCN(c3ccnc4[nH]ccc34)CC2)ccn1. The van der Waals surface area contributed by atoms with Gasteiger partial charge in [-0.25, -0.2) is 4.98 Å². The second kappa shape index (κ2) is 5.77. The van der Waals surface area contributed by atoms with Crippen LogP contribution >= 0.6 is 0 Å². The lowest BCUT2D eigenvalue weighted by Gasteiger charge is -2.36. The van der Waals surface area contributed by atoms with Gasteiger partial charge in [0.1, 0.15) is 5.65 Å². The summed E-state index contributed by atoms with van der Waals surface area (Å²) < 4.78 is 0. The van der Waals surface area contributed by atoms with Crippen LogP contribution in [-0.4, -0.2) is 46.0 Å². The Balaban J connectivity index is 1.45. The monoisotopic (exact) mass is 293 g/mol. The molecule has 0 saturated carbocycles. The van der Waals surface area contributed by atoms with Crippen molar-refractivity contribution < 1.29 is 0 Å². The predicted molar refractivity (Wildman–Crippen MR) is 87.8 cm³/mol. The molecule has 0 aromatic carbocycles. The van der Waals surface area contributed by atoms with Gasteiger partial charge in [-0.15, -0.1) is 0 Å². The van der Waals surface area contributed by atoms with Gasteiger partial charge < -0.3 is 9.88 Å². The Labute approximate surface area is 129 Å². The quantitative estimate of drug-likeness (QED) is 0.805. The number of fused-ring (bicyclic) bond motifs is 1. The fourth-order valence-electron chi connectivity index (χ4n) is 3.12. The summed E-state index contributed by atoms with van der Waals surface area (Å²) in [7, 11) is 0. The number of pyridine rings is 2. The molecule has 1 saturated heterocycles. The molecule has 0 bridgehead atoms. The molecule has 0 radical (unpaired) electrons. The lowest BCUT2D eigenvalue weighted by Crippen LogP contribution is -2.46. The highest BCUT2D eigenvalue weighted by atomic mass is 15.3. The summed E-state index contributed by atoms with van der Waals surface area (Å²) in [6.45, 7) is 5.27. The van der Waals surface area contributed by atoms with Crippen molar-refractivity contribution in [3.63, 3.8) is 0 Å². The lowest BCUT2D eigenvalue weighted by molar-refractivity contribution is 0.250. The van der Waals surface area contributed by atoms with Gasteiger partial charge in [-0.05, 0) is 29.8 Å². The molecule has 4 rings (SSSR count). The first kappa shape index (κ1) is 13.3. The average Bonchev–Trinajstić information content (AvgIpc) is 3.05. The van der Waals surface area contributed by atoms with Crippen molar-refractivity contribution in [2.75, 3.05) is 31.1 Å². The van der Waals surface area contributed by atoms with E-state index >= 15 is 0 Å². The van der Waals surface area contributed by atoms with Crippen LogP contribution in [0.4, 0.5) is 5.69 Å². The van der Waals surface area contributed by atoms with Crippen molar-refractivity contribution in [3.05, 3.63) is 54.6 Å². The normalized spacial score (nSPS) is 16.3. The first-order valence-corrected chi connectivity index (χ1v) is 7.68. The predicted octanol–water partition coefficient (Wildman–Crippen LogP) is 2.28. The molecule has 0 unspecified atom stereocenters. The topological polar surface area (TPSA) is 48.0 Å². The van der Waals surface area contributed by atoms with E-state index in [4.69, 9.17) is 0 Å². The van der Waals surface area contributed by atoms with Crippen LogP contribution in [0.25, 0.3) is 11.0 Å². The van der Waals surface area contributed by atoms with E-state index in [2.05, 4.69) is 49.0 Å². The second-order valence-corrected chi connectivity index (χ2v) is 5.69. The van der Waals surface area contributed by atoms with Crippen LogP contribution in [0.2, 0.25) is 0 Å². The minimum Gasteiger partial charge on any atom is -0.368 e. The fourth-order valence-corrected chi connectivity index (χ4v) is 3.12. The third-order valence-corrected chi connectivity index (χ3v) is 4.31. The van der Waals surface area contributed by atoms with Gasteiger partial charge in [0.25, 0.3) is 0 Å². The van der Waals surface area contributed by atoms with Crippen LogP contribution in [0.3, 0.4) is 0 Å². The summed E-state index contributed by atoms with van der Waals surface area (Å²) in [5.41, 5.74) is 3.59. The largest absolute Gasteiger partial charge is 0.368 e. The Kier molecular flexibility index (Phi) is 3.48. The number of hydrogen-bond acceptors (Lipinski definition) is 4. The highest BCUT2D eigenvalue weighted by Gasteiger charge is 2.19. The Morgan fingerprint density at radius 1 is 0.955 bits per heavy atom. The molecular weight excluding hydrogens is 274 g/mol. The first-order valence-electron chi connectivity index (χ1n) is 7.68. The molecule has 1 aliphatic rings. The maximum Gasteiger partial charge on any atom is 0.139 e. The van der Waals surface area contributed by atoms with Crippen LogP contribution in [0.1, 0.15) is 5.56 Å². The highest BCUT2D eigenvalue weighted by molar-refractivity contribution is 5.89. The molecule has 5 nitrogen and oxygen atoms in total. The molecular formula is C17H19N5. The third-order valence-electron chi connectivity index (χ3n) is 4.31. The molecule has 0 spiro atoms. The molecule has 3 aromatic rings. The van der Waals surface area contributed by atoms with Gasteiger partial charge in [0.15, 0.2) is 0 Å². The van der Waals surface area contributed by atoms with Crippen LogP contribution in [0.5, 0.6) is 0 Å². The van der Waals surface area contributed by atoms with Gasteiger partial charge in [-0.3, -0.25) is 9.88 Å². The summed E-state index contributed by atoms with van der Waals surface area (Å²) in [5, 5.41) is 1.21. The van der Waals surface area contributed by atoms with Crippen molar-refractivity contribution in [2.45, 2.75) is 6.54 Å². The van der Waals surface area contributed by atoms with Crippen molar-refractivity contribution in [1.29, 1.82) is 0 Å². The van der Waals surface area contributed by atoms with E-state index in [-0.39, 0.29) is 0 Å². The van der Waals surface area contributed by atoms with E-state index in [0.717, 1.165) is 38.4 Å². The van der Waals surface area contributed by atoms with Gasteiger partial charge in [-0.2, -0.15) is 0 Å². The van der Waals surface area contributed by atoms with Crippen LogP contribution in [0.15, 0.2) is 49.1 Å². The number of aromatic amines is 1. The summed E-state index contributed by atoms with van der Waals surface area (Å²) in [4.78, 5) is 16.6. The number of aromatic nitrogens is 3. The third kappa shape index (κ3) is 2.55. The number of anilines is 1. The fraction of sp³-hybridized carbons (Fsp3) is 0.294. The van der Waals surface area contributed by atoms with E-state index < -0.39 is 0 Å². The Bertz CT molecular complexity index is 744. The van der Waals surface area contributed by atoms with Crippen molar-refractivity contribution in [1.82, 2.24) is 19.9 Å². The van der Waals surface area contributed by atoms with Gasteiger partial charge in [-0.1, -0.05) is 0 Å². The van der Waals surface area contributed by atoms with E-state index in [9.17, 15) is 0 Å². The average molecular weight is 293 g/mol. The Morgan fingerprint density at radius 2 is 1.77 bits per heavy atom. The van der Waals surface area contributed by atoms with E-state index in [1.807, 2.05) is 24.8 Å². The van der Waals surface area contributed by atoms with E-state index in [1.165, 1.54) is 16.6 Å². The molecule has 1 N–H and O–H groups in total. The molecule has 22 heavy (non-hydrogen) atoms. The summed E-state index contributed by atoms with van der Waals surface area (Å²) in [6.07, 6.45) is 7.58. The van der Waals surface area contributed by atoms with Crippen molar-refractivity contribution in [3.8, 4) is 0 Å². The second-order valence-electron chi connectivity index (χ2n) is 5.69. The molecule has 3 aromatic heterocycles. The number of nitrogens with zero attached hydrogens (tertiary/aromatic N) is 4. The van der Waals surface area contributed by atoms with Crippen molar-refractivity contribution >= 4 is 16.7 Å². The maximum absolute atomic E-state index is 4.37. The molecule has 4 heterocycles. The minimum atomic E-state index is 0.969. The van der Waals surface area contributed by atoms with Gasteiger partial charge >= 0.3 is 0 Å². The summed E-state index contributed by atoms with van der Waals surface area (Å²) >= 11 is 0.